The first-order valence-corrected chi connectivity index (χ1v) is 6.87. The van der Waals surface area contributed by atoms with Crippen LogP contribution in [0.4, 0.5) is 0 Å². The Hall–Kier alpha value is -0.790. The first kappa shape index (κ1) is 11.3. The molecule has 0 bridgehead atoms. The van der Waals surface area contributed by atoms with Gasteiger partial charge in [0.25, 0.3) is 0 Å². The molecular formula is C15H22O2. The molecule has 1 aliphatic heterocycles. The van der Waals surface area contributed by atoms with Crippen LogP contribution < -0.4 is 0 Å². The van der Waals surface area contributed by atoms with Gasteiger partial charge in [-0.15, -0.1) is 0 Å². The molecule has 0 aromatic heterocycles. The van der Waals surface area contributed by atoms with E-state index in [4.69, 9.17) is 4.74 Å². The highest BCUT2D eigenvalue weighted by atomic mass is 16.5. The minimum absolute atomic E-state index is 0.0919. The molecule has 1 fully saturated rings. The molecule has 0 unspecified atom stereocenters. The molecule has 0 aromatic carbocycles. The fourth-order valence-corrected chi connectivity index (χ4v) is 4.55. The van der Waals surface area contributed by atoms with Crippen molar-refractivity contribution in [3.05, 3.63) is 11.3 Å². The standard InChI is InChI=1S/C15H22O2/c1-14(2)7-5-8-15(3)10-6-4-9-17-12(10)11(16)13(14)15/h13H,4-9H2,1-3H3/t13-,15-/m0/s1. The Labute approximate surface area is 103 Å². The van der Waals surface area contributed by atoms with Crippen LogP contribution in [0.2, 0.25) is 0 Å². The monoisotopic (exact) mass is 234 g/mol. The second-order valence-corrected chi connectivity index (χ2v) is 6.82. The summed E-state index contributed by atoms with van der Waals surface area (Å²) in [6.45, 7) is 7.54. The zero-order valence-electron chi connectivity index (χ0n) is 11.1. The first-order valence-electron chi connectivity index (χ1n) is 6.87. The highest BCUT2D eigenvalue weighted by Gasteiger charge is 2.58. The van der Waals surface area contributed by atoms with Crippen LogP contribution in [0.15, 0.2) is 11.3 Å². The second kappa shape index (κ2) is 3.37. The Morgan fingerprint density at radius 1 is 1.18 bits per heavy atom. The van der Waals surface area contributed by atoms with Crippen LogP contribution in [0.25, 0.3) is 0 Å². The molecule has 1 heterocycles. The second-order valence-electron chi connectivity index (χ2n) is 6.82. The molecule has 3 aliphatic rings. The van der Waals surface area contributed by atoms with Gasteiger partial charge in [0.15, 0.2) is 5.76 Å². The third kappa shape index (κ3) is 1.36. The number of allylic oxidation sites excluding steroid dienone is 2. The number of carbonyl (C=O) groups excluding carboxylic acids is 1. The number of hydrogen-bond donors (Lipinski definition) is 0. The summed E-state index contributed by atoms with van der Waals surface area (Å²) >= 11 is 0. The number of ketones is 1. The lowest BCUT2D eigenvalue weighted by molar-refractivity contribution is -0.130. The van der Waals surface area contributed by atoms with Crippen molar-refractivity contribution in [1.82, 2.24) is 0 Å². The zero-order valence-corrected chi connectivity index (χ0v) is 11.1. The highest BCUT2D eigenvalue weighted by Crippen LogP contribution is 2.61. The van der Waals surface area contributed by atoms with Crippen LogP contribution in [-0.2, 0) is 9.53 Å². The van der Waals surface area contributed by atoms with Gasteiger partial charge < -0.3 is 4.74 Å². The van der Waals surface area contributed by atoms with Gasteiger partial charge in [0, 0.05) is 11.3 Å². The third-order valence-corrected chi connectivity index (χ3v) is 5.20. The molecule has 2 nitrogen and oxygen atoms in total. The number of hydrogen-bond acceptors (Lipinski definition) is 2. The van der Waals surface area contributed by atoms with Gasteiger partial charge in [0.2, 0.25) is 5.78 Å². The van der Waals surface area contributed by atoms with Crippen molar-refractivity contribution in [3.8, 4) is 0 Å². The van der Waals surface area contributed by atoms with Gasteiger partial charge in [-0.2, -0.15) is 0 Å². The number of Topliss-reactive ketones (excluding diaryl/α,β-unsaturated/α-hetero) is 1. The SMILES string of the molecule is CC1(C)CCC[C@@]2(C)C3=C(OCCC3)C(=O)[C@@H]12. The summed E-state index contributed by atoms with van der Waals surface area (Å²) in [6, 6.07) is 0. The van der Waals surface area contributed by atoms with E-state index in [9.17, 15) is 4.79 Å². The van der Waals surface area contributed by atoms with Crippen molar-refractivity contribution in [2.45, 2.75) is 52.9 Å². The molecule has 0 amide bonds. The number of fused-ring (bicyclic) bond motifs is 2. The van der Waals surface area contributed by atoms with Crippen molar-refractivity contribution in [3.63, 3.8) is 0 Å². The van der Waals surface area contributed by atoms with Crippen LogP contribution in [0, 0.1) is 16.7 Å². The normalized spacial score (nSPS) is 39.7. The van der Waals surface area contributed by atoms with E-state index in [1.54, 1.807) is 0 Å². The van der Waals surface area contributed by atoms with Crippen LogP contribution in [0.3, 0.4) is 0 Å². The summed E-state index contributed by atoms with van der Waals surface area (Å²) in [5.41, 5.74) is 1.56. The maximum Gasteiger partial charge on any atom is 0.201 e. The molecule has 94 valence electrons. The summed E-state index contributed by atoms with van der Waals surface area (Å²) in [4.78, 5) is 12.6. The fourth-order valence-electron chi connectivity index (χ4n) is 4.55. The Kier molecular flexibility index (Phi) is 2.24. The summed E-state index contributed by atoms with van der Waals surface area (Å²) in [5.74, 6) is 1.21. The van der Waals surface area contributed by atoms with Gasteiger partial charge >= 0.3 is 0 Å². The molecular weight excluding hydrogens is 212 g/mol. The van der Waals surface area contributed by atoms with Crippen molar-refractivity contribution < 1.29 is 9.53 Å². The summed E-state index contributed by atoms with van der Waals surface area (Å²) in [7, 11) is 0. The average molecular weight is 234 g/mol. The molecule has 2 heteroatoms. The van der Waals surface area contributed by atoms with Crippen molar-refractivity contribution >= 4 is 5.78 Å². The molecule has 0 spiro atoms. The molecule has 1 saturated carbocycles. The first-order chi connectivity index (χ1) is 7.97. The van der Waals surface area contributed by atoms with Gasteiger partial charge in [0.1, 0.15) is 0 Å². The highest BCUT2D eigenvalue weighted by molar-refractivity contribution is 6.01. The maximum atomic E-state index is 12.6. The van der Waals surface area contributed by atoms with Crippen molar-refractivity contribution in [2.75, 3.05) is 6.61 Å². The lowest BCUT2D eigenvalue weighted by atomic mass is 9.55. The zero-order chi connectivity index (χ0) is 12.3. The predicted octanol–water partition coefficient (Wildman–Crippen LogP) is 3.47. The molecule has 0 N–H and O–H groups in total. The van der Waals surface area contributed by atoms with Crippen molar-refractivity contribution in [1.29, 1.82) is 0 Å². The largest absolute Gasteiger partial charge is 0.490 e. The van der Waals surface area contributed by atoms with E-state index in [2.05, 4.69) is 20.8 Å². The molecule has 0 saturated heterocycles. The smallest absolute Gasteiger partial charge is 0.201 e. The van der Waals surface area contributed by atoms with Gasteiger partial charge in [-0.3, -0.25) is 4.79 Å². The minimum Gasteiger partial charge on any atom is -0.490 e. The van der Waals surface area contributed by atoms with Crippen LogP contribution in [-0.4, -0.2) is 12.4 Å². The quantitative estimate of drug-likeness (QED) is 0.641. The summed E-state index contributed by atoms with van der Waals surface area (Å²) in [5, 5.41) is 0. The van der Waals surface area contributed by atoms with Crippen LogP contribution in [0.5, 0.6) is 0 Å². The molecule has 3 rings (SSSR count). The molecule has 0 radical (unpaired) electrons. The van der Waals surface area contributed by atoms with Gasteiger partial charge in [-0.1, -0.05) is 27.2 Å². The number of rotatable bonds is 0. The Morgan fingerprint density at radius 3 is 2.71 bits per heavy atom. The molecule has 0 aromatic rings. The topological polar surface area (TPSA) is 26.3 Å². The van der Waals surface area contributed by atoms with Gasteiger partial charge in [-0.05, 0) is 36.7 Å². The number of ether oxygens (including phenoxy) is 1. The lowest BCUT2D eigenvalue weighted by Gasteiger charge is -2.47. The lowest BCUT2D eigenvalue weighted by Crippen LogP contribution is -2.43. The van der Waals surface area contributed by atoms with E-state index < -0.39 is 0 Å². The van der Waals surface area contributed by atoms with Crippen LogP contribution >= 0.6 is 0 Å². The summed E-state index contributed by atoms with van der Waals surface area (Å²) < 4.78 is 5.69. The van der Waals surface area contributed by atoms with Crippen LogP contribution in [0.1, 0.15) is 52.9 Å². The van der Waals surface area contributed by atoms with E-state index in [1.807, 2.05) is 0 Å². The minimum atomic E-state index is 0.0919. The summed E-state index contributed by atoms with van der Waals surface area (Å²) in [6.07, 6.45) is 5.72. The third-order valence-electron chi connectivity index (χ3n) is 5.20. The Bertz CT molecular complexity index is 405. The Morgan fingerprint density at radius 2 is 1.94 bits per heavy atom. The van der Waals surface area contributed by atoms with E-state index >= 15 is 0 Å². The molecule has 17 heavy (non-hydrogen) atoms. The molecule has 2 aliphatic carbocycles. The van der Waals surface area contributed by atoms with Gasteiger partial charge in [0.05, 0.1) is 6.61 Å². The Balaban J connectivity index is 2.10. The van der Waals surface area contributed by atoms with E-state index in [1.165, 1.54) is 18.4 Å². The fraction of sp³-hybridized carbons (Fsp3) is 0.800. The van der Waals surface area contributed by atoms with Crippen molar-refractivity contribution in [2.24, 2.45) is 16.7 Å². The van der Waals surface area contributed by atoms with Gasteiger partial charge in [-0.25, -0.2) is 0 Å². The van der Waals surface area contributed by atoms with E-state index in [-0.39, 0.29) is 16.7 Å². The molecule has 2 atom stereocenters. The van der Waals surface area contributed by atoms with E-state index in [0.29, 0.717) is 5.78 Å². The maximum absolute atomic E-state index is 12.6. The number of carbonyl (C=O) groups is 1. The average Bonchev–Trinajstić information content (AvgIpc) is 2.50. The van der Waals surface area contributed by atoms with E-state index in [0.717, 1.165) is 31.6 Å². The predicted molar refractivity (Wildman–Crippen MR) is 66.4 cm³/mol.